The Labute approximate surface area is 108 Å². The summed E-state index contributed by atoms with van der Waals surface area (Å²) in [4.78, 5) is 7.50. The summed E-state index contributed by atoms with van der Waals surface area (Å²) in [6.07, 6.45) is -1.87. The van der Waals surface area contributed by atoms with Crippen molar-refractivity contribution in [1.82, 2.24) is 19.7 Å². The molecule has 2 rings (SSSR count). The molecule has 0 spiro atoms. The molecule has 0 aromatic carbocycles. The maximum Gasteiger partial charge on any atom is 0.435 e. The van der Waals surface area contributed by atoms with Crippen LogP contribution in [0.1, 0.15) is 5.69 Å². The van der Waals surface area contributed by atoms with Crippen LogP contribution in [-0.4, -0.2) is 19.7 Å². The van der Waals surface area contributed by atoms with Crippen molar-refractivity contribution in [1.29, 1.82) is 0 Å². The van der Waals surface area contributed by atoms with E-state index in [1.54, 1.807) is 0 Å². The fraction of sp³-hybridized carbons (Fsp3) is 0.222. The topological polar surface area (TPSA) is 52.8 Å². The van der Waals surface area contributed by atoms with E-state index < -0.39 is 11.9 Å². The number of ether oxygens (including phenoxy) is 1. The zero-order valence-electron chi connectivity index (χ0n) is 8.94. The molecular formula is C9H6BrF3N4O. The van der Waals surface area contributed by atoms with Crippen LogP contribution in [-0.2, 0) is 13.2 Å². The number of hydrogen-bond donors (Lipinski definition) is 0. The Morgan fingerprint density at radius 2 is 2.11 bits per heavy atom. The highest BCUT2D eigenvalue weighted by Crippen LogP contribution is 2.32. The van der Waals surface area contributed by atoms with Gasteiger partial charge in [0.25, 0.3) is 0 Å². The summed E-state index contributed by atoms with van der Waals surface area (Å²) in [5.74, 6) is 0.0449. The van der Waals surface area contributed by atoms with Gasteiger partial charge in [-0.3, -0.25) is 0 Å². The van der Waals surface area contributed by atoms with Crippen LogP contribution < -0.4 is 4.74 Å². The predicted molar refractivity (Wildman–Crippen MR) is 58.0 cm³/mol. The number of rotatable bonds is 2. The molecule has 5 nitrogen and oxygen atoms in total. The quantitative estimate of drug-likeness (QED) is 0.853. The molecular weight excluding hydrogens is 317 g/mol. The molecule has 0 radical (unpaired) electrons. The summed E-state index contributed by atoms with van der Waals surface area (Å²) in [7, 11) is 1.35. The van der Waals surface area contributed by atoms with Crippen LogP contribution in [0.4, 0.5) is 13.2 Å². The van der Waals surface area contributed by atoms with E-state index in [9.17, 15) is 13.2 Å². The van der Waals surface area contributed by atoms with Gasteiger partial charge in [-0.2, -0.15) is 18.3 Å². The normalized spacial score (nSPS) is 11.6. The van der Waals surface area contributed by atoms with E-state index in [-0.39, 0.29) is 11.8 Å². The average Bonchev–Trinajstić information content (AvgIpc) is 2.63. The van der Waals surface area contributed by atoms with Gasteiger partial charge in [0.05, 0.1) is 4.47 Å². The van der Waals surface area contributed by atoms with Crippen molar-refractivity contribution in [3.63, 3.8) is 0 Å². The number of nitrogens with zero attached hydrogens (tertiary/aromatic N) is 4. The molecule has 0 aliphatic rings. The van der Waals surface area contributed by atoms with Gasteiger partial charge >= 0.3 is 6.18 Å². The summed E-state index contributed by atoms with van der Waals surface area (Å²) in [5, 5.41) is 3.32. The lowest BCUT2D eigenvalue weighted by Gasteiger charge is -2.04. The second-order valence-electron chi connectivity index (χ2n) is 3.27. The first-order valence-corrected chi connectivity index (χ1v) is 5.42. The molecule has 0 saturated heterocycles. The fourth-order valence-electron chi connectivity index (χ4n) is 1.16. The van der Waals surface area contributed by atoms with E-state index in [2.05, 4.69) is 31.0 Å². The van der Waals surface area contributed by atoms with E-state index in [1.165, 1.54) is 19.6 Å². The first-order chi connectivity index (χ1) is 8.38. The number of alkyl halides is 3. The van der Waals surface area contributed by atoms with Gasteiger partial charge in [0, 0.05) is 19.3 Å². The number of aromatic nitrogens is 4. The Hall–Kier alpha value is -1.64. The number of hydrogen-bond acceptors (Lipinski definition) is 4. The lowest BCUT2D eigenvalue weighted by Crippen LogP contribution is -2.06. The average molecular weight is 323 g/mol. The molecule has 0 unspecified atom stereocenters. The SMILES string of the molecule is Cn1nc(C(F)(F)F)cc1Oc1ncncc1Br. The largest absolute Gasteiger partial charge is 0.435 e. The van der Waals surface area contributed by atoms with Crippen LogP contribution in [0, 0.1) is 0 Å². The Kier molecular flexibility index (Phi) is 3.24. The van der Waals surface area contributed by atoms with Crippen LogP contribution in [0.2, 0.25) is 0 Å². The third-order valence-corrected chi connectivity index (χ3v) is 2.51. The van der Waals surface area contributed by atoms with Crippen molar-refractivity contribution in [2.24, 2.45) is 7.05 Å². The molecule has 2 aromatic rings. The third-order valence-electron chi connectivity index (χ3n) is 1.96. The van der Waals surface area contributed by atoms with Gasteiger partial charge in [-0.05, 0) is 15.9 Å². The first kappa shape index (κ1) is 12.8. The Bertz CT molecular complexity index is 569. The third kappa shape index (κ3) is 2.61. The molecule has 96 valence electrons. The maximum atomic E-state index is 12.4. The number of halogens is 4. The summed E-state index contributed by atoms with van der Waals surface area (Å²) in [5.41, 5.74) is -1.02. The van der Waals surface area contributed by atoms with E-state index in [0.717, 1.165) is 10.7 Å². The second-order valence-corrected chi connectivity index (χ2v) is 4.12. The zero-order chi connectivity index (χ0) is 13.3. The second kappa shape index (κ2) is 4.56. The van der Waals surface area contributed by atoms with E-state index in [4.69, 9.17) is 4.74 Å². The Balaban J connectivity index is 2.31. The minimum absolute atomic E-state index is 0.0678. The molecule has 0 amide bonds. The van der Waals surface area contributed by atoms with Gasteiger partial charge in [0.15, 0.2) is 5.69 Å². The van der Waals surface area contributed by atoms with Crippen molar-refractivity contribution in [2.75, 3.05) is 0 Å². The van der Waals surface area contributed by atoms with Crippen LogP contribution in [0.3, 0.4) is 0 Å². The molecule has 0 fully saturated rings. The highest BCUT2D eigenvalue weighted by Gasteiger charge is 2.35. The molecule has 9 heteroatoms. The van der Waals surface area contributed by atoms with Crippen LogP contribution >= 0.6 is 15.9 Å². The molecule has 18 heavy (non-hydrogen) atoms. The molecule has 0 saturated carbocycles. The highest BCUT2D eigenvalue weighted by atomic mass is 79.9. The van der Waals surface area contributed by atoms with Gasteiger partial charge in [0.1, 0.15) is 6.33 Å². The fourth-order valence-corrected chi connectivity index (χ4v) is 1.46. The van der Waals surface area contributed by atoms with Crippen LogP contribution in [0.25, 0.3) is 0 Å². The van der Waals surface area contributed by atoms with Crippen molar-refractivity contribution in [3.05, 3.63) is 28.8 Å². The van der Waals surface area contributed by atoms with Crippen molar-refractivity contribution in [2.45, 2.75) is 6.18 Å². The summed E-state index contributed by atoms with van der Waals surface area (Å²) in [6.45, 7) is 0. The van der Waals surface area contributed by atoms with E-state index >= 15 is 0 Å². The molecule has 0 N–H and O–H groups in total. The lowest BCUT2D eigenvalue weighted by atomic mass is 10.4. The standard InChI is InChI=1S/C9H6BrF3N4O/c1-17-7(2-6(16-17)9(11,12)13)18-8-5(10)3-14-4-15-8/h2-4H,1H3. The predicted octanol–water partition coefficient (Wildman–Crippen LogP) is 2.78. The molecule has 0 aliphatic heterocycles. The molecule has 2 heterocycles. The summed E-state index contributed by atoms with van der Waals surface area (Å²) < 4.78 is 43.9. The lowest BCUT2D eigenvalue weighted by molar-refractivity contribution is -0.141. The van der Waals surface area contributed by atoms with Crippen LogP contribution in [0.15, 0.2) is 23.1 Å². The van der Waals surface area contributed by atoms with Crippen molar-refractivity contribution in [3.8, 4) is 11.8 Å². The van der Waals surface area contributed by atoms with Gasteiger partial charge < -0.3 is 4.74 Å². The van der Waals surface area contributed by atoms with Crippen LogP contribution in [0.5, 0.6) is 11.8 Å². The molecule has 0 atom stereocenters. The maximum absolute atomic E-state index is 12.4. The smallest absolute Gasteiger partial charge is 0.420 e. The first-order valence-electron chi connectivity index (χ1n) is 4.62. The molecule has 0 aliphatic carbocycles. The van der Waals surface area contributed by atoms with Gasteiger partial charge in [-0.25, -0.2) is 14.6 Å². The van der Waals surface area contributed by atoms with E-state index in [1.807, 2.05) is 0 Å². The molecule has 2 aromatic heterocycles. The minimum atomic E-state index is -4.51. The molecule has 0 bridgehead atoms. The Morgan fingerprint density at radius 3 is 2.67 bits per heavy atom. The minimum Gasteiger partial charge on any atom is -0.420 e. The van der Waals surface area contributed by atoms with Gasteiger partial charge in [-0.15, -0.1) is 0 Å². The summed E-state index contributed by atoms with van der Waals surface area (Å²) >= 11 is 3.12. The van der Waals surface area contributed by atoms with Gasteiger partial charge in [0.2, 0.25) is 11.8 Å². The van der Waals surface area contributed by atoms with E-state index in [0.29, 0.717) is 4.47 Å². The summed E-state index contributed by atoms with van der Waals surface area (Å²) in [6, 6.07) is 0.800. The Morgan fingerprint density at radius 1 is 1.39 bits per heavy atom. The zero-order valence-corrected chi connectivity index (χ0v) is 10.5. The highest BCUT2D eigenvalue weighted by molar-refractivity contribution is 9.10. The van der Waals surface area contributed by atoms with Crippen molar-refractivity contribution < 1.29 is 17.9 Å². The monoisotopic (exact) mass is 322 g/mol. The number of aryl methyl sites for hydroxylation is 1. The van der Waals surface area contributed by atoms with Gasteiger partial charge in [-0.1, -0.05) is 0 Å². The van der Waals surface area contributed by atoms with Crippen molar-refractivity contribution >= 4 is 15.9 Å².